The number of hydrogen-bond donors (Lipinski definition) is 2. The van der Waals surface area contributed by atoms with Gasteiger partial charge in [-0.1, -0.05) is 31.4 Å². The van der Waals surface area contributed by atoms with Crippen LogP contribution >= 0.6 is 0 Å². The first-order chi connectivity index (χ1) is 11.3. The normalized spacial score (nSPS) is 14.2. The Morgan fingerprint density at radius 2 is 2.13 bits per heavy atom. The number of anilines is 1. The molecule has 4 nitrogen and oxygen atoms in total. The Bertz CT molecular complexity index is 508. The van der Waals surface area contributed by atoms with E-state index in [0.717, 1.165) is 44.6 Å². The number of aromatic nitrogens is 1. The molecule has 23 heavy (non-hydrogen) atoms. The van der Waals surface area contributed by atoms with Crippen LogP contribution in [0.3, 0.4) is 0 Å². The number of pyridine rings is 1. The zero-order valence-electron chi connectivity index (χ0n) is 14.2. The molecular weight excluding hydrogens is 286 g/mol. The molecule has 0 aromatic carbocycles. The number of rotatable bonds is 9. The number of nitrogens with one attached hydrogen (secondary N) is 2. The minimum atomic E-state index is -0.0347. The molecule has 0 saturated carbocycles. The van der Waals surface area contributed by atoms with E-state index in [2.05, 4.69) is 28.6 Å². The quantitative estimate of drug-likeness (QED) is 0.527. The summed E-state index contributed by atoms with van der Waals surface area (Å²) in [5.74, 6) is 0.802. The fraction of sp³-hybridized carbons (Fsp3) is 0.579. The van der Waals surface area contributed by atoms with Gasteiger partial charge in [0.15, 0.2) is 0 Å². The Kier molecular flexibility index (Phi) is 7.64. The Morgan fingerprint density at radius 3 is 2.83 bits per heavy atom. The van der Waals surface area contributed by atoms with E-state index in [9.17, 15) is 4.79 Å². The van der Waals surface area contributed by atoms with Gasteiger partial charge >= 0.3 is 0 Å². The summed E-state index contributed by atoms with van der Waals surface area (Å²) in [6.07, 6.45) is 13.6. The standard InChI is InChI=1S/C19H29N3O/c1-2-3-7-13-21-19(23)17-10-11-18(22-15-17)20-14-12-16-8-5-4-6-9-16/h8,10-11,15H,2-7,9,12-14H2,1H3,(H,20,22)(H,21,23). The highest BCUT2D eigenvalue weighted by Crippen LogP contribution is 2.19. The van der Waals surface area contributed by atoms with Crippen molar-refractivity contribution in [3.63, 3.8) is 0 Å². The molecule has 0 radical (unpaired) electrons. The van der Waals surface area contributed by atoms with Gasteiger partial charge in [0.05, 0.1) is 5.56 Å². The molecule has 2 N–H and O–H groups in total. The van der Waals surface area contributed by atoms with Gasteiger partial charge in [0, 0.05) is 19.3 Å². The zero-order chi connectivity index (χ0) is 16.3. The number of nitrogens with zero attached hydrogens (tertiary/aromatic N) is 1. The predicted molar refractivity (Wildman–Crippen MR) is 95.8 cm³/mol. The van der Waals surface area contributed by atoms with Crippen molar-refractivity contribution in [2.45, 2.75) is 58.3 Å². The van der Waals surface area contributed by atoms with E-state index >= 15 is 0 Å². The van der Waals surface area contributed by atoms with Gasteiger partial charge in [-0.05, 0) is 50.7 Å². The summed E-state index contributed by atoms with van der Waals surface area (Å²) in [4.78, 5) is 16.3. The number of hydrogen-bond acceptors (Lipinski definition) is 3. The molecule has 1 amide bonds. The van der Waals surface area contributed by atoms with E-state index in [-0.39, 0.29) is 5.91 Å². The van der Waals surface area contributed by atoms with Gasteiger partial charge in [-0.15, -0.1) is 0 Å². The predicted octanol–water partition coefficient (Wildman–Crippen LogP) is 4.30. The van der Waals surface area contributed by atoms with Crippen LogP contribution in [0.4, 0.5) is 5.82 Å². The molecule has 0 saturated heterocycles. The second-order valence-electron chi connectivity index (χ2n) is 6.18. The van der Waals surface area contributed by atoms with Crippen molar-refractivity contribution in [3.8, 4) is 0 Å². The van der Waals surface area contributed by atoms with Gasteiger partial charge in [0.1, 0.15) is 5.82 Å². The molecule has 2 rings (SSSR count). The van der Waals surface area contributed by atoms with Crippen LogP contribution in [-0.4, -0.2) is 24.0 Å². The summed E-state index contributed by atoms with van der Waals surface area (Å²) in [5, 5.41) is 6.27. The third-order valence-electron chi connectivity index (χ3n) is 4.23. The first-order valence-corrected chi connectivity index (χ1v) is 8.95. The molecule has 0 bridgehead atoms. The van der Waals surface area contributed by atoms with Crippen molar-refractivity contribution in [1.82, 2.24) is 10.3 Å². The van der Waals surface area contributed by atoms with Crippen molar-refractivity contribution in [2.75, 3.05) is 18.4 Å². The summed E-state index contributed by atoms with van der Waals surface area (Å²) in [6, 6.07) is 3.72. The molecule has 1 aliphatic rings. The van der Waals surface area contributed by atoms with Crippen LogP contribution in [-0.2, 0) is 0 Å². The second kappa shape index (κ2) is 10.0. The van der Waals surface area contributed by atoms with Gasteiger partial charge in [-0.2, -0.15) is 0 Å². The summed E-state index contributed by atoms with van der Waals surface area (Å²) >= 11 is 0. The highest BCUT2D eigenvalue weighted by molar-refractivity contribution is 5.94. The molecule has 1 aromatic rings. The van der Waals surface area contributed by atoms with Gasteiger partial charge in [0.2, 0.25) is 0 Å². The summed E-state index contributed by atoms with van der Waals surface area (Å²) in [6.45, 7) is 3.80. The molecule has 1 heterocycles. The van der Waals surface area contributed by atoms with Crippen LogP contribution < -0.4 is 10.6 Å². The molecule has 4 heteroatoms. The third kappa shape index (κ3) is 6.43. The van der Waals surface area contributed by atoms with Crippen molar-refractivity contribution < 1.29 is 4.79 Å². The lowest BCUT2D eigenvalue weighted by molar-refractivity contribution is 0.0952. The molecule has 0 spiro atoms. The largest absolute Gasteiger partial charge is 0.370 e. The van der Waals surface area contributed by atoms with Crippen molar-refractivity contribution in [1.29, 1.82) is 0 Å². The zero-order valence-corrected chi connectivity index (χ0v) is 14.2. The number of carbonyl (C=O) groups excluding carboxylic acids is 1. The summed E-state index contributed by atoms with van der Waals surface area (Å²) in [5.41, 5.74) is 2.19. The van der Waals surface area contributed by atoms with Crippen LogP contribution in [0.1, 0.15) is 68.6 Å². The molecule has 0 atom stereocenters. The van der Waals surface area contributed by atoms with Crippen molar-refractivity contribution in [3.05, 3.63) is 35.5 Å². The van der Waals surface area contributed by atoms with Crippen molar-refractivity contribution >= 4 is 11.7 Å². The van der Waals surface area contributed by atoms with E-state index in [1.54, 1.807) is 11.8 Å². The van der Waals surface area contributed by atoms with E-state index in [4.69, 9.17) is 0 Å². The van der Waals surface area contributed by atoms with Crippen LogP contribution in [0.5, 0.6) is 0 Å². The van der Waals surface area contributed by atoms with Crippen LogP contribution in [0.15, 0.2) is 30.0 Å². The van der Waals surface area contributed by atoms with E-state index in [1.165, 1.54) is 25.7 Å². The first kappa shape index (κ1) is 17.5. The van der Waals surface area contributed by atoms with Gasteiger partial charge in [0.25, 0.3) is 5.91 Å². The maximum absolute atomic E-state index is 12.0. The maximum Gasteiger partial charge on any atom is 0.252 e. The topological polar surface area (TPSA) is 54.0 Å². The minimum absolute atomic E-state index is 0.0347. The second-order valence-corrected chi connectivity index (χ2v) is 6.18. The number of amides is 1. The van der Waals surface area contributed by atoms with E-state index < -0.39 is 0 Å². The Morgan fingerprint density at radius 1 is 1.22 bits per heavy atom. The Balaban J connectivity index is 1.71. The average Bonchev–Trinajstić information content (AvgIpc) is 2.60. The third-order valence-corrected chi connectivity index (χ3v) is 4.23. The number of unbranched alkanes of at least 4 members (excludes halogenated alkanes) is 2. The van der Waals surface area contributed by atoms with E-state index in [1.807, 2.05) is 12.1 Å². The lowest BCUT2D eigenvalue weighted by Crippen LogP contribution is -2.24. The molecule has 126 valence electrons. The lowest BCUT2D eigenvalue weighted by atomic mass is 9.97. The maximum atomic E-state index is 12.0. The molecule has 0 unspecified atom stereocenters. The highest BCUT2D eigenvalue weighted by Gasteiger charge is 2.06. The summed E-state index contributed by atoms with van der Waals surface area (Å²) in [7, 11) is 0. The number of allylic oxidation sites excluding steroid dienone is 1. The van der Waals surface area contributed by atoms with Gasteiger partial charge in [-0.3, -0.25) is 4.79 Å². The molecule has 1 aromatic heterocycles. The smallest absolute Gasteiger partial charge is 0.252 e. The van der Waals surface area contributed by atoms with Gasteiger partial charge < -0.3 is 10.6 Å². The SMILES string of the molecule is CCCCCNC(=O)c1ccc(NCCC2=CCCCC2)nc1. The van der Waals surface area contributed by atoms with Crippen molar-refractivity contribution in [2.24, 2.45) is 0 Å². The first-order valence-electron chi connectivity index (χ1n) is 8.95. The number of carbonyl (C=O) groups is 1. The minimum Gasteiger partial charge on any atom is -0.370 e. The van der Waals surface area contributed by atoms with Crippen LogP contribution in [0, 0.1) is 0 Å². The fourth-order valence-corrected chi connectivity index (χ4v) is 2.79. The van der Waals surface area contributed by atoms with Crippen LogP contribution in [0.25, 0.3) is 0 Å². The molecule has 0 fully saturated rings. The molecule has 1 aliphatic carbocycles. The van der Waals surface area contributed by atoms with E-state index in [0.29, 0.717) is 5.56 Å². The summed E-state index contributed by atoms with van der Waals surface area (Å²) < 4.78 is 0. The van der Waals surface area contributed by atoms with Gasteiger partial charge in [-0.25, -0.2) is 4.98 Å². The van der Waals surface area contributed by atoms with Crippen LogP contribution in [0.2, 0.25) is 0 Å². The lowest BCUT2D eigenvalue weighted by Gasteiger charge is -2.13. The molecule has 0 aliphatic heterocycles. The molecular formula is C19H29N3O. The Labute approximate surface area is 139 Å². The Hall–Kier alpha value is -1.84. The monoisotopic (exact) mass is 315 g/mol. The fourth-order valence-electron chi connectivity index (χ4n) is 2.79. The average molecular weight is 315 g/mol. The highest BCUT2D eigenvalue weighted by atomic mass is 16.1.